The number of fused-ring (bicyclic) bond motifs is 1. The highest BCUT2D eigenvalue weighted by Gasteiger charge is 2.14. The van der Waals surface area contributed by atoms with Gasteiger partial charge < -0.3 is 5.73 Å². The molecule has 0 saturated carbocycles. The predicted octanol–water partition coefficient (Wildman–Crippen LogP) is 4.50. The SMILES string of the molecule is Nc1nc(-c2cccc([N+](=O)[O-])c2)cc(-c2cc3ccccc3nc2Cl)n1. The molecule has 0 radical (unpaired) electrons. The van der Waals surface area contributed by atoms with E-state index in [1.54, 1.807) is 18.2 Å². The van der Waals surface area contributed by atoms with Crippen LogP contribution in [0.4, 0.5) is 11.6 Å². The van der Waals surface area contributed by atoms with Crippen molar-refractivity contribution in [3.05, 3.63) is 75.9 Å². The highest BCUT2D eigenvalue weighted by atomic mass is 35.5. The largest absolute Gasteiger partial charge is 0.368 e. The predicted molar refractivity (Wildman–Crippen MR) is 104 cm³/mol. The van der Waals surface area contributed by atoms with Crippen LogP contribution in [-0.4, -0.2) is 19.9 Å². The number of pyridine rings is 1. The van der Waals surface area contributed by atoms with Crippen molar-refractivity contribution in [2.75, 3.05) is 5.73 Å². The van der Waals surface area contributed by atoms with Gasteiger partial charge >= 0.3 is 0 Å². The summed E-state index contributed by atoms with van der Waals surface area (Å²) in [6.45, 7) is 0. The van der Waals surface area contributed by atoms with Gasteiger partial charge in [-0.1, -0.05) is 41.9 Å². The fourth-order valence-electron chi connectivity index (χ4n) is 2.80. The quantitative estimate of drug-likeness (QED) is 0.320. The van der Waals surface area contributed by atoms with E-state index >= 15 is 0 Å². The van der Waals surface area contributed by atoms with Crippen LogP contribution in [0.25, 0.3) is 33.4 Å². The maximum absolute atomic E-state index is 11.0. The number of rotatable bonds is 3. The van der Waals surface area contributed by atoms with Crippen LogP contribution in [-0.2, 0) is 0 Å². The average Bonchev–Trinajstić information content (AvgIpc) is 2.67. The number of para-hydroxylation sites is 1. The van der Waals surface area contributed by atoms with E-state index in [4.69, 9.17) is 17.3 Å². The molecule has 4 rings (SSSR count). The van der Waals surface area contributed by atoms with Gasteiger partial charge in [-0.3, -0.25) is 10.1 Å². The minimum Gasteiger partial charge on any atom is -0.368 e. The molecular formula is C19H12ClN5O2. The average molecular weight is 378 g/mol. The zero-order valence-electron chi connectivity index (χ0n) is 13.8. The van der Waals surface area contributed by atoms with Crippen molar-refractivity contribution >= 4 is 34.1 Å². The number of non-ortho nitro benzene ring substituents is 1. The molecule has 2 aromatic carbocycles. The third kappa shape index (κ3) is 3.28. The van der Waals surface area contributed by atoms with Crippen LogP contribution >= 0.6 is 11.6 Å². The van der Waals surface area contributed by atoms with Gasteiger partial charge in [-0.05, 0) is 18.2 Å². The number of nitrogen functional groups attached to an aromatic ring is 1. The summed E-state index contributed by atoms with van der Waals surface area (Å²) in [7, 11) is 0. The first-order chi connectivity index (χ1) is 13.0. The van der Waals surface area contributed by atoms with Crippen molar-refractivity contribution in [1.29, 1.82) is 0 Å². The number of nitro groups is 1. The van der Waals surface area contributed by atoms with Gasteiger partial charge in [0.2, 0.25) is 5.95 Å². The Morgan fingerprint density at radius 2 is 1.70 bits per heavy atom. The van der Waals surface area contributed by atoms with Crippen molar-refractivity contribution in [3.63, 3.8) is 0 Å². The number of halogens is 1. The molecule has 0 atom stereocenters. The van der Waals surface area contributed by atoms with E-state index in [2.05, 4.69) is 15.0 Å². The minimum absolute atomic E-state index is 0.0309. The number of nitrogens with zero attached hydrogens (tertiary/aromatic N) is 4. The van der Waals surface area contributed by atoms with Crippen LogP contribution < -0.4 is 5.73 Å². The van der Waals surface area contributed by atoms with Crippen LogP contribution in [0.3, 0.4) is 0 Å². The van der Waals surface area contributed by atoms with Crippen LogP contribution in [0.2, 0.25) is 5.15 Å². The first-order valence-corrected chi connectivity index (χ1v) is 8.34. The van der Waals surface area contributed by atoms with Crippen molar-refractivity contribution in [3.8, 4) is 22.5 Å². The number of nitrogens with two attached hydrogens (primary N) is 1. The lowest BCUT2D eigenvalue weighted by molar-refractivity contribution is -0.384. The Morgan fingerprint density at radius 3 is 2.52 bits per heavy atom. The number of anilines is 1. The first kappa shape index (κ1) is 16.9. The molecule has 2 aromatic heterocycles. The van der Waals surface area contributed by atoms with Gasteiger partial charge in [0.25, 0.3) is 5.69 Å². The van der Waals surface area contributed by atoms with E-state index in [0.717, 1.165) is 10.9 Å². The van der Waals surface area contributed by atoms with Gasteiger partial charge in [-0.25, -0.2) is 15.0 Å². The summed E-state index contributed by atoms with van der Waals surface area (Å²) in [6, 6.07) is 17.3. The lowest BCUT2D eigenvalue weighted by atomic mass is 10.1. The van der Waals surface area contributed by atoms with E-state index in [-0.39, 0.29) is 16.8 Å². The highest BCUT2D eigenvalue weighted by Crippen LogP contribution is 2.32. The first-order valence-electron chi connectivity index (χ1n) is 7.96. The summed E-state index contributed by atoms with van der Waals surface area (Å²) in [5.41, 5.74) is 8.74. The molecule has 0 saturated heterocycles. The van der Waals surface area contributed by atoms with E-state index in [1.165, 1.54) is 12.1 Å². The third-order valence-corrected chi connectivity index (χ3v) is 4.34. The molecule has 0 aliphatic heterocycles. The molecule has 0 aliphatic rings. The van der Waals surface area contributed by atoms with E-state index in [0.29, 0.717) is 22.5 Å². The molecule has 2 heterocycles. The van der Waals surface area contributed by atoms with Gasteiger partial charge in [0.05, 0.1) is 21.8 Å². The Labute approximate surface area is 158 Å². The second-order valence-electron chi connectivity index (χ2n) is 5.82. The molecule has 0 spiro atoms. The van der Waals surface area contributed by atoms with Crippen molar-refractivity contribution < 1.29 is 4.92 Å². The maximum atomic E-state index is 11.0. The smallest absolute Gasteiger partial charge is 0.270 e. The molecule has 0 aliphatic carbocycles. The number of aromatic nitrogens is 3. The molecule has 7 nitrogen and oxygen atoms in total. The van der Waals surface area contributed by atoms with Crippen LogP contribution in [0.1, 0.15) is 0 Å². The molecule has 27 heavy (non-hydrogen) atoms. The third-order valence-electron chi connectivity index (χ3n) is 4.05. The van der Waals surface area contributed by atoms with Crippen molar-refractivity contribution in [2.24, 2.45) is 0 Å². The fourth-order valence-corrected chi connectivity index (χ4v) is 3.05. The Balaban J connectivity index is 1.87. The molecule has 4 aromatic rings. The summed E-state index contributed by atoms with van der Waals surface area (Å²) in [6.07, 6.45) is 0. The summed E-state index contributed by atoms with van der Waals surface area (Å²) >= 11 is 6.35. The number of hydrogen-bond donors (Lipinski definition) is 1. The summed E-state index contributed by atoms with van der Waals surface area (Å²) in [4.78, 5) is 23.4. The lowest BCUT2D eigenvalue weighted by Gasteiger charge is -2.09. The zero-order valence-corrected chi connectivity index (χ0v) is 14.6. The van der Waals surface area contributed by atoms with E-state index in [9.17, 15) is 10.1 Å². The molecule has 0 amide bonds. The highest BCUT2D eigenvalue weighted by molar-refractivity contribution is 6.32. The van der Waals surface area contributed by atoms with Gasteiger partial charge in [0.1, 0.15) is 5.15 Å². The number of benzene rings is 2. The van der Waals surface area contributed by atoms with E-state index < -0.39 is 4.92 Å². The normalized spacial score (nSPS) is 10.9. The fraction of sp³-hybridized carbons (Fsp3) is 0. The Bertz CT molecular complexity index is 1200. The zero-order chi connectivity index (χ0) is 19.0. The molecule has 0 fully saturated rings. The van der Waals surface area contributed by atoms with E-state index in [1.807, 2.05) is 30.3 Å². The van der Waals surface area contributed by atoms with Gasteiger partial charge in [0, 0.05) is 28.6 Å². The van der Waals surface area contributed by atoms with Gasteiger partial charge in [-0.2, -0.15) is 0 Å². The molecule has 0 unspecified atom stereocenters. The topological polar surface area (TPSA) is 108 Å². The van der Waals surface area contributed by atoms with Gasteiger partial charge in [-0.15, -0.1) is 0 Å². The number of hydrogen-bond acceptors (Lipinski definition) is 6. The molecule has 132 valence electrons. The second-order valence-corrected chi connectivity index (χ2v) is 6.18. The Hall–Kier alpha value is -3.58. The summed E-state index contributed by atoms with van der Waals surface area (Å²) in [5.74, 6) is 0.0400. The van der Waals surface area contributed by atoms with Crippen LogP contribution in [0, 0.1) is 10.1 Å². The number of nitro benzene ring substituents is 1. The Kier molecular flexibility index (Phi) is 4.13. The van der Waals surface area contributed by atoms with Crippen LogP contribution in [0.15, 0.2) is 60.7 Å². The molecule has 0 bridgehead atoms. The molecular weight excluding hydrogens is 366 g/mol. The molecule has 2 N–H and O–H groups in total. The lowest BCUT2D eigenvalue weighted by Crippen LogP contribution is -2.00. The van der Waals surface area contributed by atoms with Gasteiger partial charge in [0.15, 0.2) is 0 Å². The van der Waals surface area contributed by atoms with Crippen molar-refractivity contribution in [2.45, 2.75) is 0 Å². The van der Waals surface area contributed by atoms with Crippen molar-refractivity contribution in [1.82, 2.24) is 15.0 Å². The Morgan fingerprint density at radius 1 is 0.926 bits per heavy atom. The monoisotopic (exact) mass is 377 g/mol. The summed E-state index contributed by atoms with van der Waals surface area (Å²) in [5, 5.41) is 12.2. The minimum atomic E-state index is -0.459. The summed E-state index contributed by atoms with van der Waals surface area (Å²) < 4.78 is 0. The van der Waals surface area contributed by atoms with Crippen LogP contribution in [0.5, 0.6) is 0 Å². The molecule has 8 heteroatoms. The maximum Gasteiger partial charge on any atom is 0.270 e. The second kappa shape index (κ2) is 6.62. The standard InChI is InChI=1S/C19H12ClN5O2/c20-18-14(9-12-4-1-2-7-15(12)22-18)17-10-16(23-19(21)24-17)11-5-3-6-13(8-11)25(26)27/h1-10H,(H2,21,23,24).